The fraction of sp³-hybridized carbons (Fsp3) is 0.300. The molecule has 0 atom stereocenters. The SMILES string of the molecule is C=CCC1(c2ccc(C)cc2)C=CC(=C[Si](C)(C)C)C=C1. The molecule has 1 aliphatic carbocycles. The van der Waals surface area contributed by atoms with E-state index in [9.17, 15) is 0 Å². The van der Waals surface area contributed by atoms with E-state index < -0.39 is 8.07 Å². The fourth-order valence-corrected chi connectivity index (χ4v) is 3.94. The lowest BCUT2D eigenvalue weighted by atomic mass is 9.74. The number of aryl methyl sites for hydroxylation is 1. The Kier molecular flexibility index (Phi) is 4.53. The molecule has 1 aromatic carbocycles. The van der Waals surface area contributed by atoms with Crippen molar-refractivity contribution in [2.24, 2.45) is 0 Å². The molecule has 0 amide bonds. The lowest BCUT2D eigenvalue weighted by molar-refractivity contribution is 0.677. The summed E-state index contributed by atoms with van der Waals surface area (Å²) in [6.07, 6.45) is 12.2. The standard InChI is InChI=1S/C20H26Si/c1-6-13-20(19-9-7-17(2)8-10-19)14-11-18(12-15-20)16-21(3,4)5/h6-12,14-16H,1,13H2,2-5H3. The van der Waals surface area contributed by atoms with Crippen LogP contribution in [0.4, 0.5) is 0 Å². The molecule has 110 valence electrons. The van der Waals surface area contributed by atoms with Gasteiger partial charge in [0.15, 0.2) is 0 Å². The van der Waals surface area contributed by atoms with Gasteiger partial charge >= 0.3 is 0 Å². The predicted octanol–water partition coefficient (Wildman–Crippen LogP) is 5.74. The van der Waals surface area contributed by atoms with Gasteiger partial charge in [0.2, 0.25) is 0 Å². The van der Waals surface area contributed by atoms with E-state index >= 15 is 0 Å². The van der Waals surface area contributed by atoms with Crippen molar-refractivity contribution in [1.29, 1.82) is 0 Å². The van der Waals surface area contributed by atoms with Crippen molar-refractivity contribution in [3.05, 3.63) is 83.6 Å². The highest BCUT2D eigenvalue weighted by Crippen LogP contribution is 2.35. The molecule has 0 nitrogen and oxygen atoms in total. The Morgan fingerprint density at radius 3 is 2.10 bits per heavy atom. The van der Waals surface area contributed by atoms with Crippen LogP contribution in [-0.4, -0.2) is 8.07 Å². The topological polar surface area (TPSA) is 0 Å². The lowest BCUT2D eigenvalue weighted by Gasteiger charge is -2.30. The number of hydrogen-bond acceptors (Lipinski definition) is 0. The monoisotopic (exact) mass is 294 g/mol. The Morgan fingerprint density at radius 1 is 1.05 bits per heavy atom. The van der Waals surface area contributed by atoms with E-state index in [1.165, 1.54) is 16.7 Å². The van der Waals surface area contributed by atoms with Gasteiger partial charge in [-0.3, -0.25) is 0 Å². The second kappa shape index (κ2) is 6.03. The minimum Gasteiger partial charge on any atom is -0.103 e. The van der Waals surface area contributed by atoms with Gasteiger partial charge in [0.05, 0.1) is 8.07 Å². The molecule has 0 aliphatic heterocycles. The molecule has 1 aromatic rings. The van der Waals surface area contributed by atoms with Crippen molar-refractivity contribution in [2.45, 2.75) is 38.4 Å². The van der Waals surface area contributed by atoms with Crippen molar-refractivity contribution in [3.8, 4) is 0 Å². The Labute approximate surface area is 130 Å². The molecule has 0 aromatic heterocycles. The van der Waals surface area contributed by atoms with Crippen LogP contribution in [0.5, 0.6) is 0 Å². The molecule has 0 fully saturated rings. The van der Waals surface area contributed by atoms with Gasteiger partial charge < -0.3 is 0 Å². The molecule has 0 saturated carbocycles. The maximum atomic E-state index is 3.95. The van der Waals surface area contributed by atoms with Gasteiger partial charge in [-0.2, -0.15) is 0 Å². The van der Waals surface area contributed by atoms with Crippen molar-refractivity contribution in [3.63, 3.8) is 0 Å². The van der Waals surface area contributed by atoms with Crippen LogP contribution >= 0.6 is 0 Å². The molecule has 0 bridgehead atoms. The summed E-state index contributed by atoms with van der Waals surface area (Å²) in [7, 11) is -1.18. The quantitative estimate of drug-likeness (QED) is 0.491. The van der Waals surface area contributed by atoms with Crippen LogP contribution in [-0.2, 0) is 5.41 Å². The van der Waals surface area contributed by atoms with Crippen LogP contribution in [0.2, 0.25) is 19.6 Å². The van der Waals surface area contributed by atoms with Crippen LogP contribution in [0.3, 0.4) is 0 Å². The van der Waals surface area contributed by atoms with E-state index in [2.05, 4.69) is 87.4 Å². The van der Waals surface area contributed by atoms with Crippen molar-refractivity contribution in [2.75, 3.05) is 0 Å². The van der Waals surface area contributed by atoms with Crippen molar-refractivity contribution >= 4 is 8.07 Å². The molecule has 0 saturated heterocycles. The van der Waals surface area contributed by atoms with Crippen molar-refractivity contribution < 1.29 is 0 Å². The molecule has 1 aliphatic rings. The molecule has 2 rings (SSSR count). The van der Waals surface area contributed by atoms with E-state index in [4.69, 9.17) is 0 Å². The first-order chi connectivity index (χ1) is 9.85. The Hall–Kier alpha value is -1.60. The van der Waals surface area contributed by atoms with E-state index in [1.807, 2.05) is 6.08 Å². The van der Waals surface area contributed by atoms with E-state index in [-0.39, 0.29) is 5.41 Å². The second-order valence-corrected chi connectivity index (χ2v) is 12.1. The van der Waals surface area contributed by atoms with Gasteiger partial charge in [0.1, 0.15) is 0 Å². The summed E-state index contributed by atoms with van der Waals surface area (Å²) < 4.78 is 0. The average Bonchev–Trinajstić information content (AvgIpc) is 2.41. The van der Waals surface area contributed by atoms with E-state index in [0.29, 0.717) is 0 Å². The van der Waals surface area contributed by atoms with Crippen LogP contribution in [0.15, 0.2) is 72.5 Å². The number of benzene rings is 1. The average molecular weight is 295 g/mol. The van der Waals surface area contributed by atoms with Gasteiger partial charge in [-0.25, -0.2) is 0 Å². The zero-order chi connectivity index (χ0) is 15.5. The molecule has 0 N–H and O–H groups in total. The highest BCUT2D eigenvalue weighted by molar-refractivity contribution is 6.81. The molecule has 0 unspecified atom stereocenters. The van der Waals surface area contributed by atoms with Crippen LogP contribution < -0.4 is 0 Å². The summed E-state index contributed by atoms with van der Waals surface area (Å²) in [5.74, 6) is 0. The third kappa shape index (κ3) is 3.95. The number of allylic oxidation sites excluding steroid dienone is 6. The molecule has 0 radical (unpaired) electrons. The zero-order valence-electron chi connectivity index (χ0n) is 13.7. The van der Waals surface area contributed by atoms with Gasteiger partial charge in [0, 0.05) is 5.41 Å². The van der Waals surface area contributed by atoms with Crippen molar-refractivity contribution in [1.82, 2.24) is 0 Å². The zero-order valence-corrected chi connectivity index (χ0v) is 14.7. The smallest absolute Gasteiger partial charge is 0.0694 e. The first-order valence-electron chi connectivity index (χ1n) is 7.64. The molecule has 21 heavy (non-hydrogen) atoms. The number of hydrogen-bond donors (Lipinski definition) is 0. The highest BCUT2D eigenvalue weighted by atomic mass is 28.3. The summed E-state index contributed by atoms with van der Waals surface area (Å²) in [4.78, 5) is 0. The van der Waals surface area contributed by atoms with Gasteiger partial charge in [-0.15, -0.1) is 6.58 Å². The third-order valence-electron chi connectivity index (χ3n) is 3.82. The summed E-state index contributed by atoms with van der Waals surface area (Å²) >= 11 is 0. The van der Waals surface area contributed by atoms with Gasteiger partial charge in [0.25, 0.3) is 0 Å². The minimum atomic E-state index is -1.18. The Morgan fingerprint density at radius 2 is 1.62 bits per heavy atom. The predicted molar refractivity (Wildman–Crippen MR) is 97.4 cm³/mol. The summed E-state index contributed by atoms with van der Waals surface area (Å²) in [6, 6.07) is 8.85. The Balaban J connectivity index is 2.37. The lowest BCUT2D eigenvalue weighted by Crippen LogP contribution is -2.22. The first-order valence-corrected chi connectivity index (χ1v) is 11.2. The fourth-order valence-electron chi connectivity index (χ4n) is 2.75. The van der Waals surface area contributed by atoms with E-state index in [0.717, 1.165) is 6.42 Å². The molecular weight excluding hydrogens is 268 g/mol. The summed E-state index contributed by atoms with van der Waals surface area (Å²) in [5.41, 5.74) is 6.41. The first kappa shape index (κ1) is 15.8. The summed E-state index contributed by atoms with van der Waals surface area (Å²) in [6.45, 7) is 13.2. The Bertz CT molecular complexity index is 576. The van der Waals surface area contributed by atoms with Gasteiger partial charge in [-0.1, -0.05) is 85.5 Å². The second-order valence-electron chi connectivity index (χ2n) is 7.08. The van der Waals surface area contributed by atoms with Gasteiger partial charge in [-0.05, 0) is 24.5 Å². The third-order valence-corrected chi connectivity index (χ3v) is 5.02. The number of rotatable bonds is 4. The summed E-state index contributed by atoms with van der Waals surface area (Å²) in [5, 5.41) is 0. The molecule has 0 heterocycles. The molecule has 0 spiro atoms. The molecular formula is C20H26Si. The highest BCUT2D eigenvalue weighted by Gasteiger charge is 2.27. The van der Waals surface area contributed by atoms with Crippen LogP contribution in [0, 0.1) is 6.92 Å². The van der Waals surface area contributed by atoms with Crippen LogP contribution in [0.1, 0.15) is 17.5 Å². The minimum absolute atomic E-state index is 0.0355. The van der Waals surface area contributed by atoms with Crippen LogP contribution in [0.25, 0.3) is 0 Å². The maximum absolute atomic E-state index is 3.95. The molecule has 1 heteroatoms. The normalized spacial score (nSPS) is 21.4. The largest absolute Gasteiger partial charge is 0.103 e. The maximum Gasteiger partial charge on any atom is 0.0694 e. The van der Waals surface area contributed by atoms with E-state index in [1.54, 1.807) is 0 Å².